The SMILES string of the molecule is CCCCOc1c(C)c(COc2ccc3c(=O)cc(-c4ccccc4)oc3c2)nc2ccccc12. The van der Waals surface area contributed by atoms with Gasteiger partial charge in [-0.2, -0.15) is 0 Å². The molecule has 5 heteroatoms. The predicted octanol–water partition coefficient (Wildman–Crippen LogP) is 7.07. The number of hydrogen-bond acceptors (Lipinski definition) is 5. The van der Waals surface area contributed by atoms with Crippen LogP contribution < -0.4 is 14.9 Å². The van der Waals surface area contributed by atoms with Crippen molar-refractivity contribution in [3.63, 3.8) is 0 Å². The van der Waals surface area contributed by atoms with Gasteiger partial charge in [-0.3, -0.25) is 4.79 Å². The molecule has 0 amide bonds. The number of pyridine rings is 1. The molecule has 2 heterocycles. The first-order chi connectivity index (χ1) is 17.1. The van der Waals surface area contributed by atoms with Gasteiger partial charge in [-0.15, -0.1) is 0 Å². The largest absolute Gasteiger partial charge is 0.493 e. The van der Waals surface area contributed by atoms with Crippen molar-refractivity contribution in [1.29, 1.82) is 0 Å². The third-order valence-corrected chi connectivity index (χ3v) is 6.06. The smallest absolute Gasteiger partial charge is 0.193 e. The van der Waals surface area contributed by atoms with E-state index in [1.807, 2.05) is 61.5 Å². The van der Waals surface area contributed by atoms with Crippen LogP contribution in [0.4, 0.5) is 0 Å². The summed E-state index contributed by atoms with van der Waals surface area (Å²) < 4.78 is 18.3. The number of unbranched alkanes of at least 4 members (excludes halogenated alkanes) is 1. The van der Waals surface area contributed by atoms with Crippen molar-refractivity contribution in [3.05, 3.63) is 100 Å². The topological polar surface area (TPSA) is 61.6 Å². The van der Waals surface area contributed by atoms with E-state index in [1.165, 1.54) is 6.07 Å². The lowest BCUT2D eigenvalue weighted by atomic mass is 10.1. The third-order valence-electron chi connectivity index (χ3n) is 6.06. The van der Waals surface area contributed by atoms with Gasteiger partial charge in [0.15, 0.2) is 5.43 Å². The summed E-state index contributed by atoms with van der Waals surface area (Å²) >= 11 is 0. The monoisotopic (exact) mass is 465 g/mol. The molecule has 0 N–H and O–H groups in total. The van der Waals surface area contributed by atoms with Crippen molar-refractivity contribution in [3.8, 4) is 22.8 Å². The van der Waals surface area contributed by atoms with Crippen molar-refractivity contribution >= 4 is 21.9 Å². The molecule has 0 aliphatic carbocycles. The third kappa shape index (κ3) is 4.76. The number of para-hydroxylation sites is 1. The Bertz CT molecular complexity index is 1540. The molecule has 0 fully saturated rings. The van der Waals surface area contributed by atoms with Crippen molar-refractivity contribution in [2.45, 2.75) is 33.3 Å². The minimum Gasteiger partial charge on any atom is -0.493 e. The van der Waals surface area contributed by atoms with Gasteiger partial charge < -0.3 is 13.9 Å². The Morgan fingerprint density at radius 2 is 1.69 bits per heavy atom. The van der Waals surface area contributed by atoms with E-state index in [0.717, 1.165) is 46.3 Å². The fourth-order valence-electron chi connectivity index (χ4n) is 4.09. The fraction of sp³-hybridized carbons (Fsp3) is 0.200. The van der Waals surface area contributed by atoms with Crippen LogP contribution in [0.1, 0.15) is 31.0 Å². The number of fused-ring (bicyclic) bond motifs is 2. The average Bonchev–Trinajstić information content (AvgIpc) is 2.89. The van der Waals surface area contributed by atoms with E-state index in [9.17, 15) is 4.79 Å². The second-order valence-electron chi connectivity index (χ2n) is 8.52. The summed E-state index contributed by atoms with van der Waals surface area (Å²) in [5.74, 6) is 1.99. The van der Waals surface area contributed by atoms with Crippen molar-refractivity contribution < 1.29 is 13.9 Å². The van der Waals surface area contributed by atoms with Crippen LogP contribution in [0.2, 0.25) is 0 Å². The highest BCUT2D eigenvalue weighted by Gasteiger charge is 2.14. The number of rotatable bonds is 8. The van der Waals surface area contributed by atoms with Crippen LogP contribution in [0, 0.1) is 6.92 Å². The predicted molar refractivity (Wildman–Crippen MR) is 139 cm³/mol. The molecule has 0 unspecified atom stereocenters. The fourth-order valence-corrected chi connectivity index (χ4v) is 4.09. The van der Waals surface area contributed by atoms with Gasteiger partial charge >= 0.3 is 0 Å². The van der Waals surface area contributed by atoms with E-state index in [1.54, 1.807) is 18.2 Å². The molecule has 0 aliphatic heterocycles. The Kier molecular flexibility index (Phi) is 6.49. The first-order valence-corrected chi connectivity index (χ1v) is 11.9. The van der Waals surface area contributed by atoms with Gasteiger partial charge in [-0.05, 0) is 37.6 Å². The molecule has 0 radical (unpaired) electrons. The standard InChI is InChI=1S/C30H27NO4/c1-3-4-16-33-30-20(2)26(31-25-13-9-8-12-23(25)30)19-34-22-14-15-24-27(32)18-28(35-29(24)17-22)21-10-6-5-7-11-21/h5-15,17-18H,3-4,16,19H2,1-2H3. The molecule has 35 heavy (non-hydrogen) atoms. The number of benzene rings is 3. The zero-order chi connectivity index (χ0) is 24.2. The van der Waals surface area contributed by atoms with E-state index >= 15 is 0 Å². The molecule has 0 atom stereocenters. The molecule has 0 bridgehead atoms. The first-order valence-electron chi connectivity index (χ1n) is 11.9. The molecule has 0 aliphatic rings. The highest BCUT2D eigenvalue weighted by atomic mass is 16.5. The Hall–Kier alpha value is -4.12. The van der Waals surface area contributed by atoms with Gasteiger partial charge in [0.1, 0.15) is 29.4 Å². The lowest BCUT2D eigenvalue weighted by Gasteiger charge is -2.16. The number of ether oxygens (including phenoxy) is 2. The maximum absolute atomic E-state index is 12.7. The maximum Gasteiger partial charge on any atom is 0.193 e. The Balaban J connectivity index is 1.45. The Labute approximate surface area is 204 Å². The minimum absolute atomic E-state index is 0.0856. The summed E-state index contributed by atoms with van der Waals surface area (Å²) in [5, 5.41) is 1.52. The molecule has 5 aromatic rings. The molecule has 5 rings (SSSR count). The van der Waals surface area contributed by atoms with E-state index in [0.29, 0.717) is 29.1 Å². The highest BCUT2D eigenvalue weighted by Crippen LogP contribution is 2.32. The van der Waals surface area contributed by atoms with Crippen molar-refractivity contribution in [2.24, 2.45) is 0 Å². The van der Waals surface area contributed by atoms with Gasteiger partial charge in [-0.25, -0.2) is 4.98 Å². The van der Waals surface area contributed by atoms with Crippen LogP contribution in [0.25, 0.3) is 33.2 Å². The number of nitrogens with zero attached hydrogens (tertiary/aromatic N) is 1. The summed E-state index contributed by atoms with van der Waals surface area (Å²) in [6.45, 7) is 5.10. The zero-order valence-corrected chi connectivity index (χ0v) is 19.9. The lowest BCUT2D eigenvalue weighted by molar-refractivity contribution is 0.293. The second kappa shape index (κ2) is 10.0. The summed E-state index contributed by atoms with van der Waals surface area (Å²) in [5.41, 5.74) is 3.91. The molecule has 176 valence electrons. The van der Waals surface area contributed by atoms with Crippen LogP contribution in [-0.2, 0) is 6.61 Å². The second-order valence-corrected chi connectivity index (χ2v) is 8.52. The van der Waals surface area contributed by atoms with Crippen molar-refractivity contribution in [1.82, 2.24) is 4.98 Å². The minimum atomic E-state index is -0.0856. The van der Waals surface area contributed by atoms with E-state index in [2.05, 4.69) is 6.92 Å². The molecule has 0 saturated carbocycles. The van der Waals surface area contributed by atoms with Crippen molar-refractivity contribution in [2.75, 3.05) is 6.61 Å². The van der Waals surface area contributed by atoms with E-state index in [-0.39, 0.29) is 12.0 Å². The summed E-state index contributed by atoms with van der Waals surface area (Å²) in [7, 11) is 0. The van der Waals surface area contributed by atoms with Gasteiger partial charge in [-0.1, -0.05) is 55.8 Å². The molecule has 2 aromatic heterocycles. The van der Waals surface area contributed by atoms with Gasteiger partial charge in [0.05, 0.1) is 23.2 Å². The Morgan fingerprint density at radius 3 is 2.51 bits per heavy atom. The van der Waals surface area contributed by atoms with E-state index < -0.39 is 0 Å². The normalized spacial score (nSPS) is 11.1. The summed E-state index contributed by atoms with van der Waals surface area (Å²) in [6.07, 6.45) is 2.07. The molecule has 0 saturated heterocycles. The first kappa shape index (κ1) is 22.7. The number of aromatic nitrogens is 1. The summed E-state index contributed by atoms with van der Waals surface area (Å²) in [6, 6.07) is 24.4. The van der Waals surface area contributed by atoms with Gasteiger partial charge in [0.2, 0.25) is 0 Å². The van der Waals surface area contributed by atoms with Crippen LogP contribution in [0.3, 0.4) is 0 Å². The Morgan fingerprint density at radius 1 is 0.886 bits per heavy atom. The molecular formula is C30H27NO4. The van der Waals surface area contributed by atoms with Crippen LogP contribution >= 0.6 is 0 Å². The van der Waals surface area contributed by atoms with Crippen LogP contribution in [0.15, 0.2) is 88.1 Å². The highest BCUT2D eigenvalue weighted by molar-refractivity contribution is 5.86. The number of hydrogen-bond donors (Lipinski definition) is 0. The molecule has 5 nitrogen and oxygen atoms in total. The molecule has 3 aromatic carbocycles. The van der Waals surface area contributed by atoms with Gasteiger partial charge in [0.25, 0.3) is 0 Å². The quantitative estimate of drug-likeness (QED) is 0.229. The molecule has 0 spiro atoms. The lowest BCUT2D eigenvalue weighted by Crippen LogP contribution is -2.06. The van der Waals surface area contributed by atoms with Crippen LogP contribution in [-0.4, -0.2) is 11.6 Å². The van der Waals surface area contributed by atoms with Crippen LogP contribution in [0.5, 0.6) is 11.5 Å². The molecular weight excluding hydrogens is 438 g/mol. The average molecular weight is 466 g/mol. The van der Waals surface area contributed by atoms with Gasteiger partial charge in [0, 0.05) is 28.6 Å². The summed E-state index contributed by atoms with van der Waals surface area (Å²) in [4.78, 5) is 17.5. The van der Waals surface area contributed by atoms with E-state index in [4.69, 9.17) is 18.9 Å². The maximum atomic E-state index is 12.7. The zero-order valence-electron chi connectivity index (χ0n) is 19.9.